The Morgan fingerprint density at radius 3 is 3.00 bits per heavy atom. The molecule has 0 aromatic heterocycles. The normalized spacial score (nSPS) is 25.8. The maximum Gasteiger partial charge on any atom is 0.119 e. The molecule has 1 saturated heterocycles. The molecule has 0 radical (unpaired) electrons. The molecular weight excluding hydrogens is 278 g/mol. The van der Waals surface area contributed by atoms with Gasteiger partial charge in [0.2, 0.25) is 0 Å². The Morgan fingerprint density at radius 1 is 1.47 bits per heavy atom. The molecule has 1 aliphatic rings. The molecular formula is C14H20BrNO. The highest BCUT2D eigenvalue weighted by Crippen LogP contribution is 2.25. The zero-order valence-corrected chi connectivity index (χ0v) is 12.1. The molecule has 94 valence electrons. The molecule has 0 amide bonds. The van der Waals surface area contributed by atoms with Gasteiger partial charge in [-0.15, -0.1) is 0 Å². The first kappa shape index (κ1) is 12.9. The smallest absolute Gasteiger partial charge is 0.119 e. The summed E-state index contributed by atoms with van der Waals surface area (Å²) in [6.07, 6.45) is 1.24. The molecule has 2 unspecified atom stereocenters. The monoisotopic (exact) mass is 297 g/mol. The van der Waals surface area contributed by atoms with Gasteiger partial charge >= 0.3 is 0 Å². The van der Waals surface area contributed by atoms with Crippen LogP contribution in [0.4, 0.5) is 0 Å². The maximum absolute atomic E-state index is 5.26. The fraction of sp³-hybridized carbons (Fsp3) is 0.571. The summed E-state index contributed by atoms with van der Waals surface area (Å²) in [6.45, 7) is 5.70. The van der Waals surface area contributed by atoms with E-state index in [0.29, 0.717) is 4.83 Å². The number of benzene rings is 1. The summed E-state index contributed by atoms with van der Waals surface area (Å²) in [7, 11) is 1.72. The molecule has 1 fully saturated rings. The minimum absolute atomic E-state index is 0.684. The third kappa shape index (κ3) is 3.46. The highest BCUT2D eigenvalue weighted by Gasteiger charge is 2.23. The van der Waals surface area contributed by atoms with Crippen LogP contribution in [0.1, 0.15) is 18.9 Å². The Morgan fingerprint density at radius 2 is 2.29 bits per heavy atom. The molecule has 2 rings (SSSR count). The molecule has 17 heavy (non-hydrogen) atoms. The summed E-state index contributed by atoms with van der Waals surface area (Å²) < 4.78 is 5.26. The number of alkyl halides is 1. The van der Waals surface area contributed by atoms with E-state index in [1.165, 1.54) is 25.1 Å². The largest absolute Gasteiger partial charge is 0.497 e. The number of hydrogen-bond acceptors (Lipinski definition) is 2. The quantitative estimate of drug-likeness (QED) is 0.794. The van der Waals surface area contributed by atoms with Crippen LogP contribution in [0, 0.1) is 5.92 Å². The Labute approximate surface area is 112 Å². The molecule has 1 aromatic carbocycles. The van der Waals surface area contributed by atoms with Crippen LogP contribution in [-0.2, 0) is 6.54 Å². The van der Waals surface area contributed by atoms with Crippen molar-refractivity contribution < 1.29 is 4.74 Å². The number of rotatable bonds is 3. The fourth-order valence-electron chi connectivity index (χ4n) is 2.38. The van der Waals surface area contributed by atoms with Crippen molar-refractivity contribution >= 4 is 15.9 Å². The van der Waals surface area contributed by atoms with Crippen LogP contribution >= 0.6 is 15.9 Å². The lowest BCUT2D eigenvalue weighted by Crippen LogP contribution is -2.39. The van der Waals surface area contributed by atoms with Gasteiger partial charge in [-0.3, -0.25) is 4.90 Å². The van der Waals surface area contributed by atoms with E-state index in [9.17, 15) is 0 Å². The summed E-state index contributed by atoms with van der Waals surface area (Å²) in [5.41, 5.74) is 1.34. The van der Waals surface area contributed by atoms with Crippen molar-refractivity contribution in [1.29, 1.82) is 0 Å². The van der Waals surface area contributed by atoms with Crippen LogP contribution in [0.2, 0.25) is 0 Å². The lowest BCUT2D eigenvalue weighted by molar-refractivity contribution is 0.183. The van der Waals surface area contributed by atoms with Crippen molar-refractivity contribution in [2.45, 2.75) is 24.7 Å². The van der Waals surface area contributed by atoms with Crippen molar-refractivity contribution in [3.05, 3.63) is 29.8 Å². The average molecular weight is 298 g/mol. The van der Waals surface area contributed by atoms with Gasteiger partial charge in [-0.05, 0) is 36.6 Å². The van der Waals surface area contributed by atoms with Gasteiger partial charge in [-0.2, -0.15) is 0 Å². The second-order valence-corrected chi connectivity index (χ2v) is 6.04. The number of hydrogen-bond donors (Lipinski definition) is 0. The van der Waals surface area contributed by atoms with Crippen molar-refractivity contribution in [2.24, 2.45) is 5.92 Å². The van der Waals surface area contributed by atoms with Gasteiger partial charge in [0, 0.05) is 17.9 Å². The predicted octanol–water partition coefficient (Wildman–Crippen LogP) is 3.30. The molecule has 0 saturated carbocycles. The van der Waals surface area contributed by atoms with Crippen molar-refractivity contribution in [3.63, 3.8) is 0 Å². The predicted molar refractivity (Wildman–Crippen MR) is 74.8 cm³/mol. The number of piperidine rings is 1. The minimum atomic E-state index is 0.684. The van der Waals surface area contributed by atoms with Gasteiger partial charge in [0.05, 0.1) is 7.11 Å². The summed E-state index contributed by atoms with van der Waals surface area (Å²) in [5, 5.41) is 0. The lowest BCUT2D eigenvalue weighted by Gasteiger charge is -2.34. The first-order valence-corrected chi connectivity index (χ1v) is 7.10. The van der Waals surface area contributed by atoms with Crippen LogP contribution in [0.15, 0.2) is 24.3 Å². The van der Waals surface area contributed by atoms with E-state index >= 15 is 0 Å². The van der Waals surface area contributed by atoms with E-state index in [4.69, 9.17) is 4.74 Å². The van der Waals surface area contributed by atoms with Crippen LogP contribution in [0.25, 0.3) is 0 Å². The van der Waals surface area contributed by atoms with Crippen molar-refractivity contribution in [3.8, 4) is 5.75 Å². The van der Waals surface area contributed by atoms with Crippen LogP contribution in [0.3, 0.4) is 0 Å². The number of nitrogens with zero attached hydrogens (tertiary/aromatic N) is 1. The fourth-order valence-corrected chi connectivity index (χ4v) is 2.75. The Bertz CT molecular complexity index is 369. The van der Waals surface area contributed by atoms with Gasteiger partial charge in [0.1, 0.15) is 5.75 Å². The molecule has 0 aliphatic carbocycles. The second kappa shape index (κ2) is 5.87. The van der Waals surface area contributed by atoms with Crippen molar-refractivity contribution in [1.82, 2.24) is 4.90 Å². The molecule has 1 aliphatic heterocycles. The molecule has 0 bridgehead atoms. The van der Waals surface area contributed by atoms with Gasteiger partial charge in [-0.1, -0.05) is 35.0 Å². The third-order valence-corrected chi connectivity index (χ3v) is 4.79. The number of likely N-dealkylation sites (tertiary alicyclic amines) is 1. The highest BCUT2D eigenvalue weighted by atomic mass is 79.9. The average Bonchev–Trinajstić information content (AvgIpc) is 2.34. The molecule has 0 N–H and O–H groups in total. The van der Waals surface area contributed by atoms with E-state index in [1.807, 2.05) is 6.07 Å². The summed E-state index contributed by atoms with van der Waals surface area (Å²) >= 11 is 3.74. The number of halogens is 1. The van der Waals surface area contributed by atoms with E-state index in [2.05, 4.69) is 46.0 Å². The minimum Gasteiger partial charge on any atom is -0.497 e. The van der Waals surface area contributed by atoms with Gasteiger partial charge in [0.25, 0.3) is 0 Å². The SMILES string of the molecule is COc1cccc(CN2CCC(Br)C(C)C2)c1. The molecule has 2 nitrogen and oxygen atoms in total. The van der Waals surface area contributed by atoms with Crippen LogP contribution in [-0.4, -0.2) is 29.9 Å². The number of ether oxygens (including phenoxy) is 1. The van der Waals surface area contributed by atoms with Crippen molar-refractivity contribution in [2.75, 3.05) is 20.2 Å². The topological polar surface area (TPSA) is 12.5 Å². The molecule has 1 heterocycles. The highest BCUT2D eigenvalue weighted by molar-refractivity contribution is 9.09. The van der Waals surface area contributed by atoms with Crippen LogP contribution < -0.4 is 4.74 Å². The Balaban J connectivity index is 1.96. The molecule has 1 aromatic rings. The Hall–Kier alpha value is -0.540. The zero-order chi connectivity index (χ0) is 12.3. The first-order chi connectivity index (χ1) is 8.19. The van der Waals surface area contributed by atoms with E-state index < -0.39 is 0 Å². The lowest BCUT2D eigenvalue weighted by atomic mass is 9.99. The summed E-state index contributed by atoms with van der Waals surface area (Å²) in [5.74, 6) is 1.68. The summed E-state index contributed by atoms with van der Waals surface area (Å²) in [6, 6.07) is 8.37. The molecule has 2 atom stereocenters. The molecule has 0 spiro atoms. The van der Waals surface area contributed by atoms with E-state index in [-0.39, 0.29) is 0 Å². The van der Waals surface area contributed by atoms with E-state index in [1.54, 1.807) is 7.11 Å². The zero-order valence-electron chi connectivity index (χ0n) is 10.5. The van der Waals surface area contributed by atoms with E-state index in [0.717, 1.165) is 18.2 Å². The summed E-state index contributed by atoms with van der Waals surface area (Å²) in [4.78, 5) is 3.21. The van der Waals surface area contributed by atoms with Gasteiger partial charge in [0.15, 0.2) is 0 Å². The third-order valence-electron chi connectivity index (χ3n) is 3.43. The molecule has 3 heteroatoms. The standard InChI is InChI=1S/C14H20BrNO/c1-11-9-16(7-6-14(11)15)10-12-4-3-5-13(8-12)17-2/h3-5,8,11,14H,6-7,9-10H2,1-2H3. The van der Waals surface area contributed by atoms with Crippen LogP contribution in [0.5, 0.6) is 5.75 Å². The second-order valence-electron chi connectivity index (χ2n) is 4.87. The first-order valence-electron chi connectivity index (χ1n) is 6.18. The maximum atomic E-state index is 5.26. The van der Waals surface area contributed by atoms with Gasteiger partial charge in [-0.25, -0.2) is 0 Å². The van der Waals surface area contributed by atoms with Gasteiger partial charge < -0.3 is 4.74 Å². The Kier molecular flexibility index (Phi) is 4.46. The number of methoxy groups -OCH3 is 1.